The summed E-state index contributed by atoms with van der Waals surface area (Å²) in [6, 6.07) is 0.746. The number of hydrogen-bond donors (Lipinski definition) is 1. The molecule has 0 aromatic rings. The van der Waals surface area contributed by atoms with Gasteiger partial charge in [0.25, 0.3) is 0 Å². The van der Waals surface area contributed by atoms with E-state index in [0.717, 1.165) is 17.9 Å². The molecule has 0 aromatic carbocycles. The average molecular weight is 196 g/mol. The highest BCUT2D eigenvalue weighted by Gasteiger charge is 2.30. The molecule has 1 aliphatic carbocycles. The normalized spacial score (nSPS) is 31.7. The molecule has 2 rings (SSSR count). The highest BCUT2D eigenvalue weighted by atomic mass is 15.2. The third kappa shape index (κ3) is 2.71. The second-order valence-electron chi connectivity index (χ2n) is 5.20. The predicted octanol–water partition coefficient (Wildman–Crippen LogP) is 1.72. The number of likely N-dealkylation sites (tertiary alicyclic amines) is 1. The van der Waals surface area contributed by atoms with Crippen LogP contribution in [-0.4, -0.2) is 37.6 Å². The maximum absolute atomic E-state index is 3.41. The molecule has 1 N–H and O–H groups in total. The van der Waals surface area contributed by atoms with Crippen molar-refractivity contribution in [1.29, 1.82) is 0 Å². The first-order valence-corrected chi connectivity index (χ1v) is 6.19. The van der Waals surface area contributed by atoms with Gasteiger partial charge < -0.3 is 10.2 Å². The molecule has 0 aromatic heterocycles. The third-order valence-electron chi connectivity index (χ3n) is 3.89. The van der Waals surface area contributed by atoms with Crippen LogP contribution in [0.4, 0.5) is 0 Å². The topological polar surface area (TPSA) is 15.3 Å². The molecule has 1 heterocycles. The lowest BCUT2D eigenvalue weighted by molar-refractivity contribution is 0.167. The standard InChI is InChI=1S/C12H24N2/c1-10(11-5-6-11)8-14-7-3-4-12(9-14)13-2/h10-13H,3-9H2,1-2H3. The zero-order chi connectivity index (χ0) is 9.97. The Balaban J connectivity index is 1.73. The first kappa shape index (κ1) is 10.4. The quantitative estimate of drug-likeness (QED) is 0.736. The summed E-state index contributed by atoms with van der Waals surface area (Å²) < 4.78 is 0. The van der Waals surface area contributed by atoms with Crippen molar-refractivity contribution in [2.45, 2.75) is 38.6 Å². The van der Waals surface area contributed by atoms with Gasteiger partial charge in [-0.05, 0) is 51.1 Å². The van der Waals surface area contributed by atoms with E-state index in [9.17, 15) is 0 Å². The van der Waals surface area contributed by atoms with E-state index in [-0.39, 0.29) is 0 Å². The molecule has 0 amide bonds. The minimum Gasteiger partial charge on any atom is -0.316 e. The fraction of sp³-hybridized carbons (Fsp3) is 1.00. The van der Waals surface area contributed by atoms with Crippen molar-refractivity contribution in [3.8, 4) is 0 Å². The van der Waals surface area contributed by atoms with Gasteiger partial charge in [0.05, 0.1) is 0 Å². The zero-order valence-corrected chi connectivity index (χ0v) is 9.63. The second-order valence-corrected chi connectivity index (χ2v) is 5.20. The highest BCUT2D eigenvalue weighted by Crippen LogP contribution is 2.37. The molecule has 2 fully saturated rings. The Hall–Kier alpha value is -0.0800. The van der Waals surface area contributed by atoms with Gasteiger partial charge in [-0.25, -0.2) is 0 Å². The van der Waals surface area contributed by atoms with Crippen LogP contribution in [0.5, 0.6) is 0 Å². The van der Waals surface area contributed by atoms with Crippen molar-refractivity contribution in [2.75, 3.05) is 26.7 Å². The molecule has 0 spiro atoms. The number of piperidine rings is 1. The number of nitrogens with one attached hydrogen (secondary N) is 1. The minimum atomic E-state index is 0.746. The first-order chi connectivity index (χ1) is 6.79. The van der Waals surface area contributed by atoms with Crippen molar-refractivity contribution in [3.05, 3.63) is 0 Å². The van der Waals surface area contributed by atoms with Crippen LogP contribution in [0.3, 0.4) is 0 Å². The van der Waals surface area contributed by atoms with Gasteiger partial charge in [-0.2, -0.15) is 0 Å². The van der Waals surface area contributed by atoms with E-state index in [2.05, 4.69) is 24.2 Å². The van der Waals surface area contributed by atoms with E-state index in [4.69, 9.17) is 0 Å². The molecule has 14 heavy (non-hydrogen) atoms. The lowest BCUT2D eigenvalue weighted by Gasteiger charge is -2.34. The molecule has 2 atom stereocenters. The van der Waals surface area contributed by atoms with Crippen LogP contribution in [0.25, 0.3) is 0 Å². The van der Waals surface area contributed by atoms with Crippen LogP contribution >= 0.6 is 0 Å². The number of hydrogen-bond acceptors (Lipinski definition) is 2. The monoisotopic (exact) mass is 196 g/mol. The summed E-state index contributed by atoms with van der Waals surface area (Å²) in [4.78, 5) is 2.66. The van der Waals surface area contributed by atoms with E-state index in [0.29, 0.717) is 0 Å². The fourth-order valence-corrected chi connectivity index (χ4v) is 2.68. The van der Waals surface area contributed by atoms with Gasteiger partial charge in [0.1, 0.15) is 0 Å². The summed E-state index contributed by atoms with van der Waals surface area (Å²) >= 11 is 0. The molecule has 2 heteroatoms. The van der Waals surface area contributed by atoms with E-state index in [1.807, 2.05) is 0 Å². The summed E-state index contributed by atoms with van der Waals surface area (Å²) in [5, 5.41) is 3.41. The third-order valence-corrected chi connectivity index (χ3v) is 3.89. The van der Waals surface area contributed by atoms with Gasteiger partial charge in [-0.3, -0.25) is 0 Å². The Morgan fingerprint density at radius 2 is 2.14 bits per heavy atom. The van der Waals surface area contributed by atoms with Crippen LogP contribution in [-0.2, 0) is 0 Å². The molecule has 2 aliphatic rings. The van der Waals surface area contributed by atoms with Gasteiger partial charge in [-0.15, -0.1) is 0 Å². The van der Waals surface area contributed by atoms with E-state index in [1.165, 1.54) is 45.3 Å². The van der Waals surface area contributed by atoms with Crippen molar-refractivity contribution in [1.82, 2.24) is 10.2 Å². The van der Waals surface area contributed by atoms with Crippen LogP contribution in [0.2, 0.25) is 0 Å². The van der Waals surface area contributed by atoms with Crippen molar-refractivity contribution in [2.24, 2.45) is 11.8 Å². The summed E-state index contributed by atoms with van der Waals surface area (Å²) in [5.41, 5.74) is 0. The van der Waals surface area contributed by atoms with Crippen LogP contribution < -0.4 is 5.32 Å². The minimum absolute atomic E-state index is 0.746. The van der Waals surface area contributed by atoms with Crippen molar-refractivity contribution in [3.63, 3.8) is 0 Å². The molecule has 2 nitrogen and oxygen atoms in total. The molecule has 1 saturated carbocycles. The number of rotatable bonds is 4. The van der Waals surface area contributed by atoms with Crippen LogP contribution in [0.15, 0.2) is 0 Å². The first-order valence-electron chi connectivity index (χ1n) is 6.19. The lowest BCUT2D eigenvalue weighted by atomic mass is 10.0. The Morgan fingerprint density at radius 1 is 1.36 bits per heavy atom. The van der Waals surface area contributed by atoms with Crippen LogP contribution in [0, 0.1) is 11.8 Å². The zero-order valence-electron chi connectivity index (χ0n) is 9.63. The highest BCUT2D eigenvalue weighted by molar-refractivity contribution is 4.83. The summed E-state index contributed by atoms with van der Waals surface area (Å²) in [5.74, 6) is 2.00. The van der Waals surface area contributed by atoms with E-state index < -0.39 is 0 Å². The van der Waals surface area contributed by atoms with Crippen molar-refractivity contribution >= 4 is 0 Å². The predicted molar refractivity (Wildman–Crippen MR) is 60.4 cm³/mol. The van der Waals surface area contributed by atoms with Gasteiger partial charge in [0, 0.05) is 19.1 Å². The molecule has 1 saturated heterocycles. The smallest absolute Gasteiger partial charge is 0.0192 e. The maximum Gasteiger partial charge on any atom is 0.0192 e. The lowest BCUT2D eigenvalue weighted by Crippen LogP contribution is -2.45. The van der Waals surface area contributed by atoms with Gasteiger partial charge in [0.15, 0.2) is 0 Å². The molecule has 0 bridgehead atoms. The van der Waals surface area contributed by atoms with Crippen LogP contribution in [0.1, 0.15) is 32.6 Å². The van der Waals surface area contributed by atoms with Gasteiger partial charge >= 0.3 is 0 Å². The van der Waals surface area contributed by atoms with E-state index >= 15 is 0 Å². The van der Waals surface area contributed by atoms with Gasteiger partial charge in [-0.1, -0.05) is 6.92 Å². The summed E-state index contributed by atoms with van der Waals surface area (Å²) in [6.45, 7) is 6.37. The Bertz CT molecular complexity index is 177. The molecule has 0 radical (unpaired) electrons. The summed E-state index contributed by atoms with van der Waals surface area (Å²) in [7, 11) is 2.10. The molecule has 2 unspecified atom stereocenters. The van der Waals surface area contributed by atoms with Gasteiger partial charge in [0.2, 0.25) is 0 Å². The van der Waals surface area contributed by atoms with Crippen molar-refractivity contribution < 1.29 is 0 Å². The maximum atomic E-state index is 3.41. The fourth-order valence-electron chi connectivity index (χ4n) is 2.68. The Kier molecular flexibility index (Phi) is 3.45. The SMILES string of the molecule is CNC1CCCN(CC(C)C2CC2)C1. The number of likely N-dealkylation sites (N-methyl/N-ethyl adjacent to an activating group) is 1. The Labute approximate surface area is 88.1 Å². The molecule has 1 aliphatic heterocycles. The molecular weight excluding hydrogens is 172 g/mol. The Morgan fingerprint density at radius 3 is 2.79 bits per heavy atom. The van der Waals surface area contributed by atoms with E-state index in [1.54, 1.807) is 0 Å². The largest absolute Gasteiger partial charge is 0.316 e. The molecule has 82 valence electrons. The average Bonchev–Trinajstić information content (AvgIpc) is 3.01. The second kappa shape index (κ2) is 4.63. The number of nitrogens with zero attached hydrogens (tertiary/aromatic N) is 1. The molecular formula is C12H24N2. The summed E-state index contributed by atoms with van der Waals surface area (Å²) in [6.07, 6.45) is 5.72.